The van der Waals surface area contributed by atoms with Crippen LogP contribution >= 0.6 is 0 Å². The maximum absolute atomic E-state index is 12.0. The number of rotatable bonds is 1. The van der Waals surface area contributed by atoms with E-state index in [-0.39, 0.29) is 6.03 Å². The van der Waals surface area contributed by atoms with Gasteiger partial charge >= 0.3 is 6.03 Å². The van der Waals surface area contributed by atoms with Crippen LogP contribution in [-0.2, 0) is 6.54 Å². The van der Waals surface area contributed by atoms with Crippen molar-refractivity contribution in [3.63, 3.8) is 0 Å². The third kappa shape index (κ3) is 1.36. The van der Waals surface area contributed by atoms with E-state index in [9.17, 15) is 4.79 Å². The Hall–Kier alpha value is -1.29. The van der Waals surface area contributed by atoms with Crippen molar-refractivity contribution in [2.45, 2.75) is 25.4 Å². The van der Waals surface area contributed by atoms with Crippen LogP contribution in [0.25, 0.3) is 0 Å². The molecule has 3 heterocycles. The van der Waals surface area contributed by atoms with Gasteiger partial charge in [-0.05, 0) is 38.1 Å². The number of aromatic nitrogens is 1. The molecule has 0 atom stereocenters. The molecule has 1 saturated heterocycles. The molecule has 2 aliphatic rings. The number of fused-ring (bicyclic) bond motifs is 1. The molecule has 1 fully saturated rings. The molecule has 1 aromatic rings. The van der Waals surface area contributed by atoms with Crippen LogP contribution in [0.4, 0.5) is 4.79 Å². The van der Waals surface area contributed by atoms with Crippen molar-refractivity contribution >= 4 is 6.03 Å². The highest BCUT2D eigenvalue weighted by Crippen LogP contribution is 2.23. The van der Waals surface area contributed by atoms with Crippen molar-refractivity contribution in [1.29, 1.82) is 0 Å². The van der Waals surface area contributed by atoms with Crippen LogP contribution in [-0.4, -0.2) is 34.6 Å². The Labute approximate surface area is 88.9 Å². The highest BCUT2D eigenvalue weighted by molar-refractivity contribution is 5.80. The van der Waals surface area contributed by atoms with Gasteiger partial charge in [0.05, 0.1) is 6.54 Å². The number of carbonyl (C=O) groups is 1. The Balaban J connectivity index is 1.80. The molecule has 15 heavy (non-hydrogen) atoms. The van der Waals surface area contributed by atoms with Gasteiger partial charge in [-0.25, -0.2) is 4.79 Å². The van der Waals surface area contributed by atoms with Crippen molar-refractivity contribution in [2.75, 3.05) is 13.1 Å². The van der Waals surface area contributed by atoms with Crippen LogP contribution in [0.1, 0.15) is 18.5 Å². The lowest BCUT2D eigenvalue weighted by Crippen LogP contribution is -2.43. The fourth-order valence-corrected chi connectivity index (χ4v) is 2.52. The fraction of sp³-hybridized carbons (Fsp3) is 0.545. The van der Waals surface area contributed by atoms with Gasteiger partial charge in [-0.1, -0.05) is 0 Å². The number of amides is 1. The zero-order chi connectivity index (χ0) is 10.3. The molecule has 0 bridgehead atoms. The predicted molar refractivity (Wildman–Crippen MR) is 56.7 cm³/mol. The SMILES string of the molecule is O=C1N(C2CCNCC2)Cc2cccn21. The quantitative estimate of drug-likeness (QED) is 0.743. The molecule has 0 aliphatic carbocycles. The maximum Gasteiger partial charge on any atom is 0.329 e. The van der Waals surface area contributed by atoms with E-state index in [1.165, 1.54) is 0 Å². The highest BCUT2D eigenvalue weighted by Gasteiger charge is 2.32. The molecule has 80 valence electrons. The standard InChI is InChI=1S/C11H15N3O/c15-11-13-7-1-2-10(13)8-14(11)9-3-5-12-6-4-9/h1-2,7,9,12H,3-6,8H2. The van der Waals surface area contributed by atoms with Gasteiger partial charge in [0, 0.05) is 17.9 Å². The summed E-state index contributed by atoms with van der Waals surface area (Å²) in [5.74, 6) is 0. The van der Waals surface area contributed by atoms with Crippen molar-refractivity contribution in [3.8, 4) is 0 Å². The molecule has 0 radical (unpaired) electrons. The van der Waals surface area contributed by atoms with E-state index in [2.05, 4.69) is 5.32 Å². The summed E-state index contributed by atoms with van der Waals surface area (Å²) in [5.41, 5.74) is 1.12. The zero-order valence-electron chi connectivity index (χ0n) is 8.65. The minimum atomic E-state index is 0.155. The molecule has 0 spiro atoms. The number of nitrogens with one attached hydrogen (secondary N) is 1. The lowest BCUT2D eigenvalue weighted by Gasteiger charge is -2.30. The van der Waals surface area contributed by atoms with Gasteiger partial charge in [0.2, 0.25) is 0 Å². The molecule has 0 unspecified atom stereocenters. The molecule has 2 aliphatic heterocycles. The van der Waals surface area contributed by atoms with Gasteiger partial charge in [0.1, 0.15) is 0 Å². The third-order valence-corrected chi connectivity index (χ3v) is 3.37. The van der Waals surface area contributed by atoms with Gasteiger partial charge in [-0.3, -0.25) is 4.57 Å². The number of hydrogen-bond acceptors (Lipinski definition) is 2. The predicted octanol–water partition coefficient (Wildman–Crippen LogP) is 1.02. The highest BCUT2D eigenvalue weighted by atomic mass is 16.2. The van der Waals surface area contributed by atoms with Gasteiger partial charge in [0.25, 0.3) is 0 Å². The molecule has 4 nitrogen and oxygen atoms in total. The Morgan fingerprint density at radius 1 is 1.33 bits per heavy atom. The topological polar surface area (TPSA) is 37.3 Å². The first kappa shape index (κ1) is 8.97. The third-order valence-electron chi connectivity index (χ3n) is 3.37. The lowest BCUT2D eigenvalue weighted by atomic mass is 10.1. The van der Waals surface area contributed by atoms with Gasteiger partial charge in [0.15, 0.2) is 0 Å². The summed E-state index contributed by atoms with van der Waals surface area (Å²) >= 11 is 0. The van der Waals surface area contributed by atoms with E-state index in [4.69, 9.17) is 0 Å². The molecular formula is C11H15N3O. The summed E-state index contributed by atoms with van der Waals surface area (Å²) < 4.78 is 1.77. The van der Waals surface area contributed by atoms with Crippen LogP contribution in [0.2, 0.25) is 0 Å². The van der Waals surface area contributed by atoms with Crippen LogP contribution in [0.5, 0.6) is 0 Å². The first-order valence-corrected chi connectivity index (χ1v) is 5.54. The van der Waals surface area contributed by atoms with Crippen molar-refractivity contribution in [3.05, 3.63) is 24.0 Å². The van der Waals surface area contributed by atoms with E-state index in [0.29, 0.717) is 6.04 Å². The number of carbonyl (C=O) groups excluding carboxylic acids is 1. The Bertz CT molecular complexity index is 379. The molecule has 1 aromatic heterocycles. The average Bonchev–Trinajstić information content (AvgIpc) is 2.83. The van der Waals surface area contributed by atoms with Crippen molar-refractivity contribution < 1.29 is 4.79 Å². The summed E-state index contributed by atoms with van der Waals surface area (Å²) in [6.45, 7) is 2.85. The number of hydrogen-bond donors (Lipinski definition) is 1. The summed E-state index contributed by atoms with van der Waals surface area (Å²) in [7, 11) is 0. The van der Waals surface area contributed by atoms with Crippen LogP contribution in [0.3, 0.4) is 0 Å². The second kappa shape index (κ2) is 3.38. The Kier molecular flexibility index (Phi) is 2.02. The van der Waals surface area contributed by atoms with Crippen LogP contribution in [0, 0.1) is 0 Å². The second-order valence-electron chi connectivity index (χ2n) is 4.26. The number of nitrogens with zero attached hydrogens (tertiary/aromatic N) is 2. The average molecular weight is 205 g/mol. The van der Waals surface area contributed by atoms with Crippen LogP contribution in [0.15, 0.2) is 18.3 Å². The summed E-state index contributed by atoms with van der Waals surface area (Å²) in [5, 5.41) is 3.32. The summed E-state index contributed by atoms with van der Waals surface area (Å²) in [6.07, 6.45) is 4.02. The number of piperidine rings is 1. The molecule has 3 rings (SSSR count). The van der Waals surface area contributed by atoms with Crippen molar-refractivity contribution in [2.24, 2.45) is 0 Å². The molecule has 1 amide bonds. The zero-order valence-corrected chi connectivity index (χ0v) is 8.65. The lowest BCUT2D eigenvalue weighted by molar-refractivity contribution is 0.170. The molecule has 0 aromatic carbocycles. The van der Waals surface area contributed by atoms with Gasteiger partial charge < -0.3 is 10.2 Å². The van der Waals surface area contributed by atoms with Gasteiger partial charge in [-0.15, -0.1) is 0 Å². The minimum absolute atomic E-state index is 0.155. The van der Waals surface area contributed by atoms with Crippen LogP contribution < -0.4 is 5.32 Å². The fourth-order valence-electron chi connectivity index (χ4n) is 2.52. The molecular weight excluding hydrogens is 190 g/mol. The first-order chi connectivity index (χ1) is 7.36. The maximum atomic E-state index is 12.0. The second-order valence-corrected chi connectivity index (χ2v) is 4.26. The Morgan fingerprint density at radius 2 is 2.13 bits per heavy atom. The van der Waals surface area contributed by atoms with E-state index >= 15 is 0 Å². The van der Waals surface area contributed by atoms with E-state index in [0.717, 1.165) is 38.2 Å². The first-order valence-electron chi connectivity index (χ1n) is 5.54. The van der Waals surface area contributed by atoms with E-state index < -0.39 is 0 Å². The summed E-state index contributed by atoms with van der Waals surface area (Å²) in [6, 6.07) is 4.55. The molecule has 0 saturated carbocycles. The van der Waals surface area contributed by atoms with Crippen molar-refractivity contribution in [1.82, 2.24) is 14.8 Å². The van der Waals surface area contributed by atoms with E-state index in [1.807, 2.05) is 23.2 Å². The largest absolute Gasteiger partial charge is 0.329 e. The summed E-state index contributed by atoms with van der Waals surface area (Å²) in [4.78, 5) is 14.0. The molecule has 1 N–H and O–H groups in total. The Morgan fingerprint density at radius 3 is 2.87 bits per heavy atom. The minimum Gasteiger partial charge on any atom is -0.317 e. The monoisotopic (exact) mass is 205 g/mol. The molecule has 4 heteroatoms. The van der Waals surface area contributed by atoms with E-state index in [1.54, 1.807) is 4.57 Å². The van der Waals surface area contributed by atoms with Gasteiger partial charge in [-0.2, -0.15) is 0 Å². The smallest absolute Gasteiger partial charge is 0.317 e. The normalized spacial score (nSPS) is 22.1.